The molecule has 1 aromatic carbocycles. The Bertz CT molecular complexity index is 1290. The number of benzene rings is 1. The molecule has 1 spiro atoms. The highest BCUT2D eigenvalue weighted by molar-refractivity contribution is 5.94. The smallest absolute Gasteiger partial charge is 0.245 e. The summed E-state index contributed by atoms with van der Waals surface area (Å²) >= 11 is 0. The van der Waals surface area contributed by atoms with Gasteiger partial charge in [0.1, 0.15) is 29.2 Å². The quantitative estimate of drug-likeness (QED) is 0.451. The SMILES string of the molecule is C=CC(=O)N1CC2(CCC(Nc3c[nH]c4ncnc(C#Cc5cc(OC)cc(OC)c5)c34)C2)C1. The van der Waals surface area contributed by atoms with E-state index in [2.05, 4.69) is 38.7 Å². The van der Waals surface area contributed by atoms with E-state index in [1.54, 1.807) is 14.2 Å². The Labute approximate surface area is 198 Å². The highest BCUT2D eigenvalue weighted by atomic mass is 16.5. The molecule has 1 atom stereocenters. The third kappa shape index (κ3) is 4.05. The van der Waals surface area contributed by atoms with Crippen molar-refractivity contribution in [3.63, 3.8) is 0 Å². The maximum Gasteiger partial charge on any atom is 0.245 e. The fourth-order valence-electron chi connectivity index (χ4n) is 5.07. The van der Waals surface area contributed by atoms with Gasteiger partial charge in [0.25, 0.3) is 0 Å². The zero-order chi connectivity index (χ0) is 23.7. The molecule has 1 saturated heterocycles. The molecule has 1 unspecified atom stereocenters. The van der Waals surface area contributed by atoms with Gasteiger partial charge < -0.3 is 24.7 Å². The van der Waals surface area contributed by atoms with E-state index in [0.29, 0.717) is 23.2 Å². The fraction of sp³-hybridized carbons (Fsp3) is 0.346. The minimum Gasteiger partial charge on any atom is -0.497 e. The zero-order valence-electron chi connectivity index (χ0n) is 19.4. The van der Waals surface area contributed by atoms with Crippen molar-refractivity contribution < 1.29 is 14.3 Å². The summed E-state index contributed by atoms with van der Waals surface area (Å²) in [6.45, 7) is 5.22. The van der Waals surface area contributed by atoms with Crippen LogP contribution in [0.4, 0.5) is 5.69 Å². The van der Waals surface area contributed by atoms with Crippen molar-refractivity contribution in [1.29, 1.82) is 0 Å². The maximum absolute atomic E-state index is 11.8. The molecule has 1 amide bonds. The van der Waals surface area contributed by atoms with Crippen LogP contribution in [-0.2, 0) is 4.79 Å². The molecule has 2 aromatic heterocycles. The summed E-state index contributed by atoms with van der Waals surface area (Å²) in [5.41, 5.74) is 3.32. The Morgan fingerprint density at radius 3 is 2.71 bits per heavy atom. The lowest BCUT2D eigenvalue weighted by Gasteiger charge is -2.48. The average Bonchev–Trinajstić information content (AvgIpc) is 3.46. The summed E-state index contributed by atoms with van der Waals surface area (Å²) in [7, 11) is 3.23. The standard InChI is InChI=1S/C26H27N5O3/c1-4-23(32)31-14-26(15-31)8-7-18(12-26)30-22-13-27-25-24(22)21(28-16-29-25)6-5-17-9-19(33-2)11-20(10-17)34-3/h4,9-11,13,16,18,30H,1,7-8,12,14-15H2,2-3H3,(H,27,28,29). The van der Waals surface area contributed by atoms with Crippen molar-refractivity contribution >= 4 is 22.6 Å². The average molecular weight is 458 g/mol. The number of likely N-dealkylation sites (tertiary alicyclic amines) is 1. The van der Waals surface area contributed by atoms with Crippen molar-refractivity contribution in [2.45, 2.75) is 25.3 Å². The van der Waals surface area contributed by atoms with E-state index in [-0.39, 0.29) is 11.3 Å². The summed E-state index contributed by atoms with van der Waals surface area (Å²) in [4.78, 5) is 25.8. The van der Waals surface area contributed by atoms with E-state index in [4.69, 9.17) is 9.47 Å². The highest BCUT2D eigenvalue weighted by Gasteiger charge is 2.49. The lowest BCUT2D eigenvalue weighted by molar-refractivity contribution is -0.137. The van der Waals surface area contributed by atoms with E-state index in [0.717, 1.165) is 54.6 Å². The van der Waals surface area contributed by atoms with Crippen molar-refractivity contribution in [2.75, 3.05) is 32.6 Å². The van der Waals surface area contributed by atoms with Gasteiger partial charge in [-0.3, -0.25) is 4.79 Å². The molecule has 2 fully saturated rings. The number of amides is 1. The van der Waals surface area contributed by atoms with Crippen LogP contribution in [0, 0.1) is 17.3 Å². The molecular weight excluding hydrogens is 430 g/mol. The van der Waals surface area contributed by atoms with Crippen LogP contribution in [-0.4, -0.2) is 59.1 Å². The summed E-state index contributed by atoms with van der Waals surface area (Å²) in [5, 5.41) is 4.56. The number of rotatable bonds is 5. The van der Waals surface area contributed by atoms with Crippen LogP contribution in [0.1, 0.15) is 30.5 Å². The van der Waals surface area contributed by atoms with Crippen molar-refractivity contribution in [1.82, 2.24) is 19.9 Å². The lowest BCUT2D eigenvalue weighted by Crippen LogP contribution is -2.57. The molecule has 1 aliphatic carbocycles. The number of carbonyl (C=O) groups excluding carboxylic acids is 1. The van der Waals surface area contributed by atoms with Crippen LogP contribution in [0.25, 0.3) is 11.0 Å². The van der Waals surface area contributed by atoms with E-state index in [1.807, 2.05) is 29.3 Å². The number of methoxy groups -OCH3 is 2. The number of aromatic amines is 1. The minimum absolute atomic E-state index is 0.0210. The van der Waals surface area contributed by atoms with Gasteiger partial charge in [0.15, 0.2) is 0 Å². The molecule has 1 saturated carbocycles. The molecule has 8 heteroatoms. The number of fused-ring (bicyclic) bond motifs is 1. The number of H-pyrrole nitrogens is 1. The van der Waals surface area contributed by atoms with Gasteiger partial charge in [-0.1, -0.05) is 12.5 Å². The second kappa shape index (κ2) is 8.75. The van der Waals surface area contributed by atoms with Crippen LogP contribution in [0.2, 0.25) is 0 Å². The van der Waals surface area contributed by atoms with Crippen molar-refractivity contribution in [2.24, 2.45) is 5.41 Å². The number of hydrogen-bond acceptors (Lipinski definition) is 6. The Hall–Kier alpha value is -3.99. The second-order valence-electron chi connectivity index (χ2n) is 8.98. The van der Waals surface area contributed by atoms with E-state index in [9.17, 15) is 4.79 Å². The van der Waals surface area contributed by atoms with E-state index < -0.39 is 0 Å². The van der Waals surface area contributed by atoms with Gasteiger partial charge in [-0.15, -0.1) is 0 Å². The van der Waals surface area contributed by atoms with Gasteiger partial charge in [-0.05, 0) is 43.4 Å². The monoisotopic (exact) mass is 457 g/mol. The van der Waals surface area contributed by atoms with Gasteiger partial charge >= 0.3 is 0 Å². The predicted molar refractivity (Wildman–Crippen MR) is 130 cm³/mol. The molecule has 34 heavy (non-hydrogen) atoms. The third-order valence-electron chi connectivity index (χ3n) is 6.75. The summed E-state index contributed by atoms with van der Waals surface area (Å²) in [6, 6.07) is 5.86. The first-order chi connectivity index (χ1) is 16.5. The maximum atomic E-state index is 11.8. The number of ether oxygens (including phenoxy) is 2. The topological polar surface area (TPSA) is 92.4 Å². The molecule has 0 radical (unpaired) electrons. The highest BCUT2D eigenvalue weighted by Crippen LogP contribution is 2.46. The molecular formula is C26H27N5O3. The normalized spacial score (nSPS) is 18.2. The second-order valence-corrected chi connectivity index (χ2v) is 8.98. The van der Waals surface area contributed by atoms with Crippen LogP contribution in [0.5, 0.6) is 11.5 Å². The van der Waals surface area contributed by atoms with Gasteiger partial charge in [-0.2, -0.15) is 0 Å². The van der Waals surface area contributed by atoms with E-state index >= 15 is 0 Å². The van der Waals surface area contributed by atoms with Gasteiger partial charge in [0.2, 0.25) is 5.91 Å². The van der Waals surface area contributed by atoms with Crippen molar-refractivity contribution in [3.05, 3.63) is 54.6 Å². The van der Waals surface area contributed by atoms with Crippen molar-refractivity contribution in [3.8, 4) is 23.3 Å². The van der Waals surface area contributed by atoms with Gasteiger partial charge in [0, 0.05) is 42.4 Å². The van der Waals surface area contributed by atoms with Gasteiger partial charge in [0.05, 0.1) is 25.3 Å². The number of anilines is 1. The number of hydrogen-bond donors (Lipinski definition) is 2. The Balaban J connectivity index is 1.36. The summed E-state index contributed by atoms with van der Waals surface area (Å²) in [5.74, 6) is 7.76. The molecule has 0 bridgehead atoms. The molecule has 8 nitrogen and oxygen atoms in total. The molecule has 2 N–H and O–H groups in total. The summed E-state index contributed by atoms with van der Waals surface area (Å²) < 4.78 is 10.7. The summed E-state index contributed by atoms with van der Waals surface area (Å²) in [6.07, 6.45) is 8.03. The number of aromatic nitrogens is 3. The first-order valence-corrected chi connectivity index (χ1v) is 11.3. The van der Waals surface area contributed by atoms with Crippen LogP contribution in [0.15, 0.2) is 43.4 Å². The predicted octanol–water partition coefficient (Wildman–Crippen LogP) is 3.35. The largest absolute Gasteiger partial charge is 0.497 e. The molecule has 3 heterocycles. The Morgan fingerprint density at radius 2 is 2.00 bits per heavy atom. The van der Waals surface area contributed by atoms with Crippen LogP contribution in [0.3, 0.4) is 0 Å². The molecule has 174 valence electrons. The Morgan fingerprint density at radius 1 is 1.24 bits per heavy atom. The molecule has 3 aromatic rings. The number of nitrogens with one attached hydrogen (secondary N) is 2. The molecule has 5 rings (SSSR count). The fourth-order valence-corrected chi connectivity index (χ4v) is 5.07. The zero-order valence-corrected chi connectivity index (χ0v) is 19.4. The lowest BCUT2D eigenvalue weighted by atomic mass is 9.78. The van der Waals surface area contributed by atoms with Gasteiger partial charge in [-0.25, -0.2) is 9.97 Å². The third-order valence-corrected chi connectivity index (χ3v) is 6.75. The Kier molecular flexibility index (Phi) is 5.62. The molecule has 1 aliphatic heterocycles. The van der Waals surface area contributed by atoms with Crippen LogP contribution < -0.4 is 14.8 Å². The molecule has 2 aliphatic rings. The van der Waals surface area contributed by atoms with E-state index in [1.165, 1.54) is 12.4 Å². The first-order valence-electron chi connectivity index (χ1n) is 11.3. The number of carbonyl (C=O) groups is 1. The minimum atomic E-state index is 0.0210. The first kappa shape index (κ1) is 21.8. The number of nitrogens with zero attached hydrogens (tertiary/aromatic N) is 3. The van der Waals surface area contributed by atoms with Crippen LogP contribution >= 0.6 is 0 Å².